The third-order valence-electron chi connectivity index (χ3n) is 3.49. The van der Waals surface area contributed by atoms with Crippen LogP contribution in [0.5, 0.6) is 0 Å². The zero-order valence-electron chi connectivity index (χ0n) is 12.5. The first-order valence-corrected chi connectivity index (χ1v) is 7.22. The van der Waals surface area contributed by atoms with E-state index >= 15 is 0 Å². The van der Waals surface area contributed by atoms with Crippen LogP contribution in [0.4, 0.5) is 10.1 Å². The van der Waals surface area contributed by atoms with Gasteiger partial charge in [0.15, 0.2) is 0 Å². The normalized spacial score (nSPS) is 12.2. The largest absolute Gasteiger partial charge is 0.462 e. The van der Waals surface area contributed by atoms with E-state index in [1.165, 1.54) is 12.1 Å². The van der Waals surface area contributed by atoms with Gasteiger partial charge in [0.25, 0.3) is 0 Å². The Morgan fingerprint density at radius 2 is 2.10 bits per heavy atom. The summed E-state index contributed by atoms with van der Waals surface area (Å²) in [4.78, 5) is 11.9. The summed E-state index contributed by atoms with van der Waals surface area (Å²) in [5.41, 5.74) is 6.29. The van der Waals surface area contributed by atoms with Gasteiger partial charge in [0.1, 0.15) is 5.82 Å². The predicted octanol–water partition coefficient (Wildman–Crippen LogP) is 4.09. The van der Waals surface area contributed by atoms with Crippen LogP contribution in [0.25, 0.3) is 0 Å². The number of benzene rings is 1. The first kappa shape index (κ1) is 16.5. The van der Waals surface area contributed by atoms with E-state index in [0.717, 1.165) is 25.7 Å². The lowest BCUT2D eigenvalue weighted by Crippen LogP contribution is -2.15. The fraction of sp³-hybridized carbons (Fsp3) is 0.562. The first-order chi connectivity index (χ1) is 9.49. The maximum absolute atomic E-state index is 13.9. The van der Waals surface area contributed by atoms with E-state index in [1.807, 2.05) is 0 Å². The molecule has 1 unspecified atom stereocenters. The standard InChI is InChI=1S/C16H24FNO2/c1-4-6-7-12(5-2)10-20-16(19)14-9-13(18)8-11(3)15(14)17/h8-9,12H,4-7,10,18H2,1-3H3. The van der Waals surface area contributed by atoms with Gasteiger partial charge >= 0.3 is 5.97 Å². The number of nitrogens with two attached hydrogens (primary N) is 1. The van der Waals surface area contributed by atoms with Gasteiger partial charge in [-0.05, 0) is 37.0 Å². The molecular formula is C16H24FNO2. The Kier molecular flexibility index (Phi) is 6.49. The summed E-state index contributed by atoms with van der Waals surface area (Å²) in [5, 5.41) is 0. The van der Waals surface area contributed by atoms with Gasteiger partial charge in [0, 0.05) is 5.69 Å². The molecule has 0 radical (unpaired) electrons. The highest BCUT2D eigenvalue weighted by Gasteiger charge is 2.17. The zero-order chi connectivity index (χ0) is 15.1. The van der Waals surface area contributed by atoms with E-state index in [-0.39, 0.29) is 5.56 Å². The number of rotatable bonds is 7. The Morgan fingerprint density at radius 3 is 2.70 bits per heavy atom. The van der Waals surface area contributed by atoms with Crippen LogP contribution in [-0.2, 0) is 4.74 Å². The third-order valence-corrected chi connectivity index (χ3v) is 3.49. The summed E-state index contributed by atoms with van der Waals surface area (Å²) in [6, 6.07) is 2.83. The van der Waals surface area contributed by atoms with Crippen LogP contribution in [0.3, 0.4) is 0 Å². The summed E-state index contributed by atoms with van der Waals surface area (Å²) in [6.07, 6.45) is 4.21. The number of esters is 1. The fourth-order valence-electron chi connectivity index (χ4n) is 2.12. The number of unbranched alkanes of at least 4 members (excludes halogenated alkanes) is 1. The maximum atomic E-state index is 13.9. The van der Waals surface area contributed by atoms with Crippen molar-refractivity contribution in [2.24, 2.45) is 5.92 Å². The monoisotopic (exact) mass is 281 g/mol. The van der Waals surface area contributed by atoms with Gasteiger partial charge in [-0.3, -0.25) is 0 Å². The zero-order valence-corrected chi connectivity index (χ0v) is 12.5. The second kappa shape index (κ2) is 7.88. The van der Waals surface area contributed by atoms with Crippen LogP contribution in [0.2, 0.25) is 0 Å². The topological polar surface area (TPSA) is 52.3 Å². The molecule has 3 nitrogen and oxygen atoms in total. The Balaban J connectivity index is 2.67. The minimum atomic E-state index is -0.632. The van der Waals surface area contributed by atoms with E-state index in [1.54, 1.807) is 6.92 Å². The second-order valence-electron chi connectivity index (χ2n) is 5.21. The molecule has 2 N–H and O–H groups in total. The molecule has 0 amide bonds. The summed E-state index contributed by atoms with van der Waals surface area (Å²) in [5.74, 6) is -0.845. The van der Waals surface area contributed by atoms with Gasteiger partial charge in [0.05, 0.1) is 12.2 Å². The summed E-state index contributed by atoms with van der Waals surface area (Å²) >= 11 is 0. The molecule has 1 aromatic rings. The van der Waals surface area contributed by atoms with E-state index in [2.05, 4.69) is 13.8 Å². The number of halogens is 1. The Labute approximate surface area is 120 Å². The van der Waals surface area contributed by atoms with E-state index in [9.17, 15) is 9.18 Å². The molecule has 0 saturated heterocycles. The van der Waals surface area contributed by atoms with E-state index in [0.29, 0.717) is 23.8 Å². The Bertz CT molecular complexity index is 460. The minimum absolute atomic E-state index is 0.0761. The highest BCUT2D eigenvalue weighted by Crippen LogP contribution is 2.19. The number of carbonyl (C=O) groups is 1. The SMILES string of the molecule is CCCCC(CC)COC(=O)c1cc(N)cc(C)c1F. The highest BCUT2D eigenvalue weighted by atomic mass is 19.1. The number of anilines is 1. The summed E-state index contributed by atoms with van der Waals surface area (Å²) in [6.45, 7) is 6.12. The van der Waals surface area contributed by atoms with Gasteiger partial charge in [-0.15, -0.1) is 0 Å². The average Bonchev–Trinajstić information content (AvgIpc) is 2.42. The number of ether oxygens (including phenoxy) is 1. The molecule has 0 saturated carbocycles. The molecular weight excluding hydrogens is 257 g/mol. The third kappa shape index (κ3) is 4.51. The molecule has 0 aliphatic carbocycles. The first-order valence-electron chi connectivity index (χ1n) is 7.22. The molecule has 112 valence electrons. The molecule has 1 atom stereocenters. The molecule has 0 aliphatic rings. The molecule has 20 heavy (non-hydrogen) atoms. The Hall–Kier alpha value is -1.58. The molecule has 0 spiro atoms. The number of carbonyl (C=O) groups excluding carboxylic acids is 1. The van der Waals surface area contributed by atoms with Crippen LogP contribution in [-0.4, -0.2) is 12.6 Å². The maximum Gasteiger partial charge on any atom is 0.341 e. The van der Waals surface area contributed by atoms with Gasteiger partial charge in [-0.2, -0.15) is 0 Å². The lowest BCUT2D eigenvalue weighted by molar-refractivity contribution is 0.0423. The lowest BCUT2D eigenvalue weighted by Gasteiger charge is -2.15. The molecule has 0 aliphatic heterocycles. The lowest BCUT2D eigenvalue weighted by atomic mass is 10.0. The number of aryl methyl sites for hydroxylation is 1. The number of hydrogen-bond donors (Lipinski definition) is 1. The molecule has 0 heterocycles. The van der Waals surface area contributed by atoms with E-state index in [4.69, 9.17) is 10.5 Å². The van der Waals surface area contributed by atoms with Crippen molar-refractivity contribution in [2.45, 2.75) is 46.5 Å². The van der Waals surface area contributed by atoms with Crippen LogP contribution >= 0.6 is 0 Å². The van der Waals surface area contributed by atoms with E-state index < -0.39 is 11.8 Å². The molecule has 1 rings (SSSR count). The number of nitrogen functional groups attached to an aromatic ring is 1. The van der Waals surface area contributed by atoms with Gasteiger partial charge in [-0.1, -0.05) is 33.1 Å². The highest BCUT2D eigenvalue weighted by molar-refractivity contribution is 5.91. The van der Waals surface area contributed by atoms with Crippen LogP contribution < -0.4 is 5.73 Å². The van der Waals surface area contributed by atoms with Crippen molar-refractivity contribution < 1.29 is 13.9 Å². The average molecular weight is 281 g/mol. The van der Waals surface area contributed by atoms with Crippen LogP contribution in [0.1, 0.15) is 55.5 Å². The molecule has 1 aromatic carbocycles. The van der Waals surface area contributed by atoms with Gasteiger partial charge in [0.2, 0.25) is 0 Å². The van der Waals surface area contributed by atoms with Crippen molar-refractivity contribution in [1.82, 2.24) is 0 Å². The van der Waals surface area contributed by atoms with Crippen molar-refractivity contribution in [3.63, 3.8) is 0 Å². The van der Waals surface area contributed by atoms with Crippen molar-refractivity contribution in [3.8, 4) is 0 Å². The van der Waals surface area contributed by atoms with Crippen LogP contribution in [0.15, 0.2) is 12.1 Å². The van der Waals surface area contributed by atoms with Gasteiger partial charge in [-0.25, -0.2) is 9.18 Å². The van der Waals surface area contributed by atoms with Crippen molar-refractivity contribution >= 4 is 11.7 Å². The van der Waals surface area contributed by atoms with Gasteiger partial charge < -0.3 is 10.5 Å². The minimum Gasteiger partial charge on any atom is -0.462 e. The Morgan fingerprint density at radius 1 is 1.40 bits per heavy atom. The van der Waals surface area contributed by atoms with Crippen molar-refractivity contribution in [3.05, 3.63) is 29.1 Å². The molecule has 0 aromatic heterocycles. The number of hydrogen-bond acceptors (Lipinski definition) is 3. The van der Waals surface area contributed by atoms with Crippen LogP contribution in [0, 0.1) is 18.7 Å². The predicted molar refractivity (Wildman–Crippen MR) is 79.1 cm³/mol. The molecule has 0 fully saturated rings. The summed E-state index contributed by atoms with van der Waals surface area (Å²) in [7, 11) is 0. The smallest absolute Gasteiger partial charge is 0.341 e. The molecule has 4 heteroatoms. The second-order valence-corrected chi connectivity index (χ2v) is 5.21. The fourth-order valence-corrected chi connectivity index (χ4v) is 2.12. The van der Waals surface area contributed by atoms with Crippen molar-refractivity contribution in [1.29, 1.82) is 0 Å². The quantitative estimate of drug-likeness (QED) is 0.605. The van der Waals surface area contributed by atoms with Crippen molar-refractivity contribution in [2.75, 3.05) is 12.3 Å². The molecule has 0 bridgehead atoms. The summed E-state index contributed by atoms with van der Waals surface area (Å²) < 4.78 is 19.1.